The molecule has 1 unspecified atom stereocenters. The van der Waals surface area contributed by atoms with Crippen molar-refractivity contribution in [3.8, 4) is 0 Å². The van der Waals surface area contributed by atoms with Crippen LogP contribution in [-0.4, -0.2) is 16.0 Å². The summed E-state index contributed by atoms with van der Waals surface area (Å²) in [6.07, 6.45) is 11.7. The van der Waals surface area contributed by atoms with Gasteiger partial charge in [-0.05, 0) is 45.4 Å². The lowest BCUT2D eigenvalue weighted by molar-refractivity contribution is 0.265. The number of nitrogens with one attached hydrogen (secondary N) is 1. The Morgan fingerprint density at radius 3 is 2.53 bits per heavy atom. The Bertz CT molecular complexity index is 383. The Morgan fingerprint density at radius 1 is 1.21 bits per heavy atom. The topological polar surface area (TPSA) is 37.8 Å². The van der Waals surface area contributed by atoms with Crippen molar-refractivity contribution in [1.82, 2.24) is 15.3 Å². The monoisotopic (exact) mass is 261 g/mol. The van der Waals surface area contributed by atoms with Crippen LogP contribution in [0.5, 0.6) is 0 Å². The predicted octanol–water partition coefficient (Wildman–Crippen LogP) is 3.79. The zero-order chi connectivity index (χ0) is 13.7. The summed E-state index contributed by atoms with van der Waals surface area (Å²) >= 11 is 0. The molecule has 106 valence electrons. The maximum atomic E-state index is 4.46. The molecule has 0 spiro atoms. The van der Waals surface area contributed by atoms with Crippen molar-refractivity contribution in [2.45, 2.75) is 71.4 Å². The number of aromatic nitrogens is 2. The molecule has 0 radical (unpaired) electrons. The zero-order valence-corrected chi connectivity index (χ0v) is 12.5. The molecule has 1 atom stereocenters. The lowest BCUT2D eigenvalue weighted by atomic mass is 9.83. The summed E-state index contributed by atoms with van der Waals surface area (Å²) in [5, 5.41) is 3.74. The van der Waals surface area contributed by atoms with Crippen LogP contribution in [0.2, 0.25) is 0 Å². The van der Waals surface area contributed by atoms with Crippen LogP contribution >= 0.6 is 0 Å². The van der Waals surface area contributed by atoms with Crippen molar-refractivity contribution in [3.63, 3.8) is 0 Å². The fourth-order valence-corrected chi connectivity index (χ4v) is 3.30. The highest BCUT2D eigenvalue weighted by atomic mass is 15.0. The minimum atomic E-state index is 0.307. The molecule has 1 saturated carbocycles. The fraction of sp³-hybridized carbons (Fsp3) is 0.750. The van der Waals surface area contributed by atoms with Crippen LogP contribution < -0.4 is 5.32 Å². The molecule has 0 aromatic carbocycles. The van der Waals surface area contributed by atoms with Gasteiger partial charge in [0.1, 0.15) is 0 Å². The van der Waals surface area contributed by atoms with Gasteiger partial charge >= 0.3 is 0 Å². The third-order valence-electron chi connectivity index (χ3n) is 4.36. The smallest absolute Gasteiger partial charge is 0.0782 e. The summed E-state index contributed by atoms with van der Waals surface area (Å²) in [6, 6.07) is 0.964. The summed E-state index contributed by atoms with van der Waals surface area (Å²) in [5.74, 6) is 0.969. The second kappa shape index (κ2) is 6.99. The van der Waals surface area contributed by atoms with Crippen LogP contribution in [0.4, 0.5) is 0 Å². The number of hydrogen-bond acceptors (Lipinski definition) is 3. The second-order valence-corrected chi connectivity index (χ2v) is 5.92. The third kappa shape index (κ3) is 4.00. The Balaban J connectivity index is 1.84. The highest BCUT2D eigenvalue weighted by Gasteiger charge is 2.22. The zero-order valence-electron chi connectivity index (χ0n) is 12.5. The van der Waals surface area contributed by atoms with E-state index in [0.717, 1.165) is 17.3 Å². The second-order valence-electron chi connectivity index (χ2n) is 5.92. The van der Waals surface area contributed by atoms with Crippen molar-refractivity contribution in [3.05, 3.63) is 23.8 Å². The number of rotatable bonds is 5. The molecular weight excluding hydrogens is 234 g/mol. The molecule has 3 heteroatoms. The van der Waals surface area contributed by atoms with Gasteiger partial charge in [0.15, 0.2) is 0 Å². The van der Waals surface area contributed by atoms with Gasteiger partial charge in [-0.15, -0.1) is 0 Å². The first kappa shape index (κ1) is 14.4. The molecule has 1 fully saturated rings. The van der Waals surface area contributed by atoms with E-state index in [1.807, 2.05) is 6.92 Å². The van der Waals surface area contributed by atoms with Crippen LogP contribution in [0.25, 0.3) is 0 Å². The highest BCUT2D eigenvalue weighted by Crippen LogP contribution is 2.29. The van der Waals surface area contributed by atoms with E-state index in [4.69, 9.17) is 0 Å². The van der Waals surface area contributed by atoms with Gasteiger partial charge in [-0.1, -0.05) is 19.8 Å². The summed E-state index contributed by atoms with van der Waals surface area (Å²) in [4.78, 5) is 8.79. The van der Waals surface area contributed by atoms with Gasteiger partial charge in [0, 0.05) is 24.5 Å². The minimum absolute atomic E-state index is 0.307. The molecule has 1 N–H and O–H groups in total. The molecule has 1 aliphatic carbocycles. The van der Waals surface area contributed by atoms with Gasteiger partial charge in [-0.2, -0.15) is 0 Å². The summed E-state index contributed by atoms with van der Waals surface area (Å²) in [6.45, 7) is 6.54. The first-order valence-electron chi connectivity index (χ1n) is 7.74. The van der Waals surface area contributed by atoms with Gasteiger partial charge in [0.25, 0.3) is 0 Å². The molecule has 1 aromatic heterocycles. The standard InChI is InChI=1S/C16H27N3/c1-4-5-14-6-8-15(9-7-14)19-13(3)16-12(2)17-10-11-18-16/h10-11,13-15,19H,4-9H2,1-3H3. The molecule has 0 amide bonds. The van der Waals surface area contributed by atoms with E-state index in [9.17, 15) is 0 Å². The average molecular weight is 261 g/mol. The molecule has 2 rings (SSSR count). The number of hydrogen-bond donors (Lipinski definition) is 1. The van der Waals surface area contributed by atoms with Crippen LogP contribution in [-0.2, 0) is 0 Å². The lowest BCUT2D eigenvalue weighted by Crippen LogP contribution is -2.35. The van der Waals surface area contributed by atoms with Crippen molar-refractivity contribution in [2.24, 2.45) is 5.92 Å². The molecule has 1 heterocycles. The average Bonchev–Trinajstić information content (AvgIpc) is 2.42. The minimum Gasteiger partial charge on any atom is -0.306 e. The summed E-state index contributed by atoms with van der Waals surface area (Å²) in [5.41, 5.74) is 2.14. The Hall–Kier alpha value is -0.960. The quantitative estimate of drug-likeness (QED) is 0.876. The number of aryl methyl sites for hydroxylation is 1. The van der Waals surface area contributed by atoms with E-state index in [1.54, 1.807) is 12.4 Å². The third-order valence-corrected chi connectivity index (χ3v) is 4.36. The maximum Gasteiger partial charge on any atom is 0.0782 e. The van der Waals surface area contributed by atoms with Crippen LogP contribution in [0, 0.1) is 12.8 Å². The number of nitrogens with zero attached hydrogens (tertiary/aromatic N) is 2. The first-order valence-corrected chi connectivity index (χ1v) is 7.74. The molecule has 0 bridgehead atoms. The van der Waals surface area contributed by atoms with Gasteiger partial charge in [-0.25, -0.2) is 0 Å². The van der Waals surface area contributed by atoms with Crippen molar-refractivity contribution in [1.29, 1.82) is 0 Å². The molecule has 1 aromatic rings. The molecule has 3 nitrogen and oxygen atoms in total. The maximum absolute atomic E-state index is 4.46. The largest absolute Gasteiger partial charge is 0.306 e. The molecular formula is C16H27N3. The summed E-state index contributed by atoms with van der Waals surface area (Å²) < 4.78 is 0. The van der Waals surface area contributed by atoms with Gasteiger partial charge in [0.05, 0.1) is 11.4 Å². The van der Waals surface area contributed by atoms with E-state index in [1.165, 1.54) is 38.5 Å². The van der Waals surface area contributed by atoms with E-state index in [-0.39, 0.29) is 0 Å². The SMILES string of the molecule is CCCC1CCC(NC(C)c2nccnc2C)CC1. The molecule has 0 saturated heterocycles. The van der Waals surface area contributed by atoms with Crippen molar-refractivity contribution in [2.75, 3.05) is 0 Å². The van der Waals surface area contributed by atoms with Crippen molar-refractivity contribution < 1.29 is 0 Å². The highest BCUT2D eigenvalue weighted by molar-refractivity contribution is 5.12. The lowest BCUT2D eigenvalue weighted by Gasteiger charge is -2.31. The van der Waals surface area contributed by atoms with E-state index < -0.39 is 0 Å². The van der Waals surface area contributed by atoms with Crippen LogP contribution in [0.15, 0.2) is 12.4 Å². The summed E-state index contributed by atoms with van der Waals surface area (Å²) in [7, 11) is 0. The molecule has 0 aliphatic heterocycles. The Kier molecular flexibility index (Phi) is 5.32. The fourth-order valence-electron chi connectivity index (χ4n) is 3.30. The van der Waals surface area contributed by atoms with E-state index in [2.05, 4.69) is 29.1 Å². The first-order chi connectivity index (χ1) is 9.20. The van der Waals surface area contributed by atoms with E-state index in [0.29, 0.717) is 12.1 Å². The Labute approximate surface area is 117 Å². The van der Waals surface area contributed by atoms with E-state index >= 15 is 0 Å². The Morgan fingerprint density at radius 2 is 1.89 bits per heavy atom. The molecule has 19 heavy (non-hydrogen) atoms. The predicted molar refractivity (Wildman–Crippen MR) is 79.0 cm³/mol. The van der Waals surface area contributed by atoms with Crippen LogP contribution in [0.1, 0.15) is 69.8 Å². The van der Waals surface area contributed by atoms with Crippen LogP contribution in [0.3, 0.4) is 0 Å². The normalized spacial score (nSPS) is 25.2. The van der Waals surface area contributed by atoms with Gasteiger partial charge in [0.2, 0.25) is 0 Å². The molecule has 1 aliphatic rings. The van der Waals surface area contributed by atoms with Gasteiger partial charge < -0.3 is 5.32 Å². The van der Waals surface area contributed by atoms with Gasteiger partial charge in [-0.3, -0.25) is 9.97 Å². The van der Waals surface area contributed by atoms with Crippen molar-refractivity contribution >= 4 is 0 Å².